The highest BCUT2D eigenvalue weighted by molar-refractivity contribution is 7.80. The Bertz CT molecular complexity index is 914. The van der Waals surface area contributed by atoms with Crippen LogP contribution in [0.4, 0.5) is 5.00 Å². The zero-order chi connectivity index (χ0) is 19.4. The Morgan fingerprint density at radius 3 is 2.67 bits per heavy atom. The Morgan fingerprint density at radius 2 is 2.04 bits per heavy atom. The van der Waals surface area contributed by atoms with Crippen molar-refractivity contribution in [3.05, 3.63) is 59.0 Å². The summed E-state index contributed by atoms with van der Waals surface area (Å²) in [6, 6.07) is 10.5. The third kappa shape index (κ3) is 5.06. The van der Waals surface area contributed by atoms with Gasteiger partial charge in [0.25, 0.3) is 11.3 Å². The molecule has 0 bridgehead atoms. The van der Waals surface area contributed by atoms with Gasteiger partial charge in [0.15, 0.2) is 0 Å². The molecule has 3 rings (SSSR count). The van der Waals surface area contributed by atoms with Crippen LogP contribution in [0.5, 0.6) is 0 Å². The average molecular weight is 404 g/mol. The molecule has 7 heteroatoms. The molecule has 1 aromatic carbocycles. The standard InChI is InChI=1S/C20H25N3O2S2/c1-4-19-21-9-10-23(19)13-15-5-7-16(8-6-15)18-12-17(11-14(2)3)26-20(18)22-27(24)25/h5-10,12,14,22H,4,11,13H2,1-3H3,(H,24,25). The van der Waals surface area contributed by atoms with Crippen molar-refractivity contribution in [3.63, 3.8) is 0 Å². The lowest BCUT2D eigenvalue weighted by Gasteiger charge is -2.08. The van der Waals surface area contributed by atoms with Crippen molar-refractivity contribution >= 4 is 27.6 Å². The summed E-state index contributed by atoms with van der Waals surface area (Å²) in [5.74, 6) is 1.61. The first-order valence-corrected chi connectivity index (χ1v) is 11.0. The zero-order valence-corrected chi connectivity index (χ0v) is 17.4. The monoisotopic (exact) mass is 403 g/mol. The molecule has 2 N–H and O–H groups in total. The Morgan fingerprint density at radius 1 is 1.30 bits per heavy atom. The summed E-state index contributed by atoms with van der Waals surface area (Å²) < 4.78 is 25.4. The molecule has 1 unspecified atom stereocenters. The second kappa shape index (κ2) is 8.82. The highest BCUT2D eigenvalue weighted by atomic mass is 32.2. The van der Waals surface area contributed by atoms with Gasteiger partial charge in [-0.3, -0.25) is 9.27 Å². The second-order valence-electron chi connectivity index (χ2n) is 6.93. The second-order valence-corrected chi connectivity index (χ2v) is 8.77. The zero-order valence-electron chi connectivity index (χ0n) is 15.8. The molecule has 1 atom stereocenters. The number of imidazole rings is 1. The summed E-state index contributed by atoms with van der Waals surface area (Å²) >= 11 is -0.533. The van der Waals surface area contributed by atoms with Gasteiger partial charge in [0, 0.05) is 35.8 Å². The van der Waals surface area contributed by atoms with Gasteiger partial charge in [-0.15, -0.1) is 11.3 Å². The SMILES string of the molecule is CCc1nccn1Cc1ccc(-c2cc(CC(C)C)sc2NS(=O)O)cc1. The smallest absolute Gasteiger partial charge is 0.259 e. The summed E-state index contributed by atoms with van der Waals surface area (Å²) in [4.78, 5) is 5.58. The lowest BCUT2D eigenvalue weighted by Crippen LogP contribution is -2.03. The number of rotatable bonds is 8. The molecule has 0 fully saturated rings. The number of benzene rings is 1. The molecule has 0 aliphatic rings. The van der Waals surface area contributed by atoms with E-state index in [1.54, 1.807) is 11.3 Å². The molecule has 0 aliphatic heterocycles. The van der Waals surface area contributed by atoms with Crippen molar-refractivity contribution in [1.29, 1.82) is 0 Å². The molecule has 27 heavy (non-hydrogen) atoms. The number of hydrogen-bond donors (Lipinski definition) is 2. The van der Waals surface area contributed by atoms with Crippen LogP contribution in [0.1, 0.15) is 37.0 Å². The highest BCUT2D eigenvalue weighted by Gasteiger charge is 2.14. The average Bonchev–Trinajstić information content (AvgIpc) is 3.21. The molecule has 0 radical (unpaired) electrons. The van der Waals surface area contributed by atoms with Crippen LogP contribution in [0.2, 0.25) is 0 Å². The third-order valence-corrected chi connectivity index (χ3v) is 5.89. The first-order chi connectivity index (χ1) is 13.0. The predicted octanol–water partition coefficient (Wildman–Crippen LogP) is 4.97. The Hall–Kier alpha value is -1.96. The van der Waals surface area contributed by atoms with Crippen LogP contribution in [0.3, 0.4) is 0 Å². The van der Waals surface area contributed by atoms with E-state index < -0.39 is 11.3 Å². The first kappa shape index (κ1) is 19.8. The van der Waals surface area contributed by atoms with Crippen LogP contribution < -0.4 is 4.72 Å². The number of thiophene rings is 1. The molecular weight excluding hydrogens is 378 g/mol. The van der Waals surface area contributed by atoms with Gasteiger partial charge in [-0.1, -0.05) is 45.0 Å². The maximum absolute atomic E-state index is 11.3. The van der Waals surface area contributed by atoms with Crippen LogP contribution in [-0.4, -0.2) is 18.3 Å². The molecule has 0 saturated heterocycles. The van der Waals surface area contributed by atoms with Gasteiger partial charge in [0.2, 0.25) is 0 Å². The quantitative estimate of drug-likeness (QED) is 0.522. The number of anilines is 1. The van der Waals surface area contributed by atoms with Crippen molar-refractivity contribution in [2.75, 3.05) is 4.72 Å². The summed E-state index contributed by atoms with van der Waals surface area (Å²) in [5.41, 5.74) is 3.21. The lowest BCUT2D eigenvalue weighted by molar-refractivity contribution is 0.570. The van der Waals surface area contributed by atoms with E-state index in [4.69, 9.17) is 0 Å². The van der Waals surface area contributed by atoms with Gasteiger partial charge >= 0.3 is 0 Å². The molecule has 0 saturated carbocycles. The molecule has 0 spiro atoms. The van der Waals surface area contributed by atoms with E-state index in [1.807, 2.05) is 12.4 Å². The van der Waals surface area contributed by atoms with Crippen LogP contribution >= 0.6 is 11.3 Å². The topological polar surface area (TPSA) is 67.2 Å². The van der Waals surface area contributed by atoms with Crippen molar-refractivity contribution in [3.8, 4) is 11.1 Å². The van der Waals surface area contributed by atoms with Gasteiger partial charge in [0.1, 0.15) is 10.8 Å². The van der Waals surface area contributed by atoms with Gasteiger partial charge < -0.3 is 4.57 Å². The van der Waals surface area contributed by atoms with Crippen LogP contribution in [-0.2, 0) is 30.7 Å². The van der Waals surface area contributed by atoms with Crippen LogP contribution in [0.25, 0.3) is 11.1 Å². The van der Waals surface area contributed by atoms with E-state index in [2.05, 4.69) is 65.4 Å². The Balaban J connectivity index is 1.85. The molecular formula is C20H25N3O2S2. The number of nitrogens with zero attached hydrogens (tertiary/aromatic N) is 2. The summed E-state index contributed by atoms with van der Waals surface area (Å²) in [5, 5.41) is 0.738. The first-order valence-electron chi connectivity index (χ1n) is 9.05. The molecule has 2 aromatic heterocycles. The van der Waals surface area contributed by atoms with E-state index in [9.17, 15) is 8.76 Å². The molecule has 144 valence electrons. The third-order valence-electron chi connectivity index (χ3n) is 4.31. The van der Waals surface area contributed by atoms with E-state index in [1.165, 1.54) is 10.4 Å². The minimum absolute atomic E-state index is 0.536. The van der Waals surface area contributed by atoms with Gasteiger partial charge in [-0.2, -0.15) is 0 Å². The fraction of sp³-hybridized carbons (Fsp3) is 0.350. The molecule has 0 amide bonds. The van der Waals surface area contributed by atoms with Crippen molar-refractivity contribution in [1.82, 2.24) is 9.55 Å². The van der Waals surface area contributed by atoms with E-state index in [0.717, 1.165) is 41.3 Å². The summed E-state index contributed by atoms with van der Waals surface area (Å²) in [6.45, 7) is 7.24. The Labute approximate surface area is 166 Å². The van der Waals surface area contributed by atoms with E-state index in [0.29, 0.717) is 5.92 Å². The normalized spacial score (nSPS) is 12.5. The highest BCUT2D eigenvalue weighted by Crippen LogP contribution is 2.37. The predicted molar refractivity (Wildman–Crippen MR) is 113 cm³/mol. The van der Waals surface area contributed by atoms with Gasteiger partial charge in [0.05, 0.1) is 0 Å². The van der Waals surface area contributed by atoms with E-state index >= 15 is 0 Å². The number of hydrogen-bond acceptors (Lipinski definition) is 3. The van der Waals surface area contributed by atoms with Crippen molar-refractivity contribution in [2.45, 2.75) is 40.2 Å². The van der Waals surface area contributed by atoms with Gasteiger partial charge in [-0.05, 0) is 29.5 Å². The van der Waals surface area contributed by atoms with Crippen molar-refractivity contribution < 1.29 is 8.76 Å². The van der Waals surface area contributed by atoms with Gasteiger partial charge in [-0.25, -0.2) is 9.19 Å². The lowest BCUT2D eigenvalue weighted by atomic mass is 10.0. The molecule has 3 aromatic rings. The molecule has 2 heterocycles. The largest absolute Gasteiger partial charge is 0.331 e. The molecule has 5 nitrogen and oxygen atoms in total. The number of aryl methyl sites for hydroxylation is 1. The maximum atomic E-state index is 11.3. The van der Waals surface area contributed by atoms with Crippen LogP contribution in [0, 0.1) is 5.92 Å². The van der Waals surface area contributed by atoms with Crippen molar-refractivity contribution in [2.24, 2.45) is 5.92 Å². The maximum Gasteiger partial charge on any atom is 0.259 e. The minimum atomic E-state index is -2.08. The Kier molecular flexibility index (Phi) is 6.46. The summed E-state index contributed by atoms with van der Waals surface area (Å²) in [6.07, 6.45) is 5.70. The number of aromatic nitrogens is 2. The fourth-order valence-electron chi connectivity index (χ4n) is 3.10. The van der Waals surface area contributed by atoms with E-state index in [-0.39, 0.29) is 0 Å². The molecule has 0 aliphatic carbocycles. The number of nitrogens with one attached hydrogen (secondary N) is 1. The summed E-state index contributed by atoms with van der Waals surface area (Å²) in [7, 11) is 0. The minimum Gasteiger partial charge on any atom is -0.331 e. The fourth-order valence-corrected chi connectivity index (χ4v) is 4.89. The van der Waals surface area contributed by atoms with Crippen LogP contribution in [0.15, 0.2) is 42.7 Å².